The van der Waals surface area contributed by atoms with E-state index in [9.17, 15) is 4.79 Å². The van der Waals surface area contributed by atoms with Crippen molar-refractivity contribution < 1.29 is 10.0 Å². The molecule has 0 unspecified atom stereocenters. The molecule has 0 heterocycles. The normalized spacial score (nSPS) is 10.4. The minimum atomic E-state index is -0.0659. The van der Waals surface area contributed by atoms with E-state index in [-0.39, 0.29) is 5.91 Å². The van der Waals surface area contributed by atoms with Gasteiger partial charge in [0.25, 0.3) is 0 Å². The van der Waals surface area contributed by atoms with E-state index in [1.54, 1.807) is 31.2 Å². The van der Waals surface area contributed by atoms with E-state index in [1.165, 1.54) is 6.21 Å². The number of rotatable bonds is 3. The van der Waals surface area contributed by atoms with E-state index < -0.39 is 0 Å². The van der Waals surface area contributed by atoms with Gasteiger partial charge in [-0.05, 0) is 6.07 Å². The third kappa shape index (κ3) is 2.58. The summed E-state index contributed by atoms with van der Waals surface area (Å²) in [7, 11) is 0. The Morgan fingerprint density at radius 1 is 1.57 bits per heavy atom. The molecule has 1 amide bonds. The van der Waals surface area contributed by atoms with Gasteiger partial charge in [0.1, 0.15) is 0 Å². The number of nitrogens with one attached hydrogen (secondary N) is 1. The Morgan fingerprint density at radius 3 is 2.93 bits per heavy atom. The predicted molar refractivity (Wildman–Crippen MR) is 54.7 cm³/mol. The largest absolute Gasteiger partial charge is 0.411 e. The van der Waals surface area contributed by atoms with Gasteiger partial charge in [-0.25, -0.2) is 0 Å². The summed E-state index contributed by atoms with van der Waals surface area (Å²) in [6, 6.07) is 7.12. The van der Waals surface area contributed by atoms with Gasteiger partial charge < -0.3 is 10.5 Å². The van der Waals surface area contributed by atoms with Gasteiger partial charge in [0.15, 0.2) is 0 Å². The van der Waals surface area contributed by atoms with Crippen LogP contribution in [0.5, 0.6) is 0 Å². The highest BCUT2D eigenvalue weighted by molar-refractivity contribution is 5.97. The highest BCUT2D eigenvalue weighted by Crippen LogP contribution is 2.12. The smallest absolute Gasteiger partial charge is 0.224 e. The number of carbonyl (C=O) groups excluding carboxylic acids is 1. The highest BCUT2D eigenvalue weighted by atomic mass is 16.4. The summed E-state index contributed by atoms with van der Waals surface area (Å²) in [5.74, 6) is -0.0659. The second-order valence-electron chi connectivity index (χ2n) is 2.73. The van der Waals surface area contributed by atoms with Gasteiger partial charge in [0, 0.05) is 17.7 Å². The molecule has 0 saturated heterocycles. The zero-order valence-electron chi connectivity index (χ0n) is 7.90. The number of amides is 1. The second-order valence-corrected chi connectivity index (χ2v) is 2.73. The molecule has 0 saturated carbocycles. The van der Waals surface area contributed by atoms with Crippen LogP contribution in [0.2, 0.25) is 0 Å². The van der Waals surface area contributed by atoms with E-state index in [4.69, 9.17) is 5.21 Å². The lowest BCUT2D eigenvalue weighted by Crippen LogP contribution is -2.10. The molecule has 0 fully saturated rings. The van der Waals surface area contributed by atoms with Gasteiger partial charge in [-0.1, -0.05) is 30.3 Å². The van der Waals surface area contributed by atoms with Gasteiger partial charge >= 0.3 is 0 Å². The third-order valence-electron chi connectivity index (χ3n) is 1.75. The molecule has 0 aliphatic rings. The van der Waals surface area contributed by atoms with Crippen LogP contribution in [0.3, 0.4) is 0 Å². The molecule has 4 heteroatoms. The van der Waals surface area contributed by atoms with E-state index in [0.717, 1.165) is 0 Å². The molecule has 0 aliphatic heterocycles. The number of oxime groups is 1. The molecule has 0 radical (unpaired) electrons. The summed E-state index contributed by atoms with van der Waals surface area (Å²) in [4.78, 5) is 11.1. The van der Waals surface area contributed by atoms with Gasteiger partial charge in [0.05, 0.1) is 6.21 Å². The van der Waals surface area contributed by atoms with E-state index in [2.05, 4.69) is 10.5 Å². The summed E-state index contributed by atoms with van der Waals surface area (Å²) < 4.78 is 0. The Bertz CT molecular complexity index is 348. The molecule has 2 N–H and O–H groups in total. The standard InChI is InChI=1S/C10H12N2O2/c1-2-10(13)12-9-6-4-3-5-8(9)7-11-14/h3-7,14H,2H2,1H3,(H,12,13)/b11-7+. The molecule has 14 heavy (non-hydrogen) atoms. The Morgan fingerprint density at radius 2 is 2.29 bits per heavy atom. The second kappa shape index (κ2) is 5.01. The summed E-state index contributed by atoms with van der Waals surface area (Å²) in [6.07, 6.45) is 1.70. The van der Waals surface area contributed by atoms with Crippen LogP contribution in [0, 0.1) is 0 Å². The molecule has 0 aromatic heterocycles. The van der Waals surface area contributed by atoms with Crippen LogP contribution < -0.4 is 5.32 Å². The van der Waals surface area contributed by atoms with Crippen molar-refractivity contribution in [2.75, 3.05) is 5.32 Å². The van der Waals surface area contributed by atoms with Crippen LogP contribution in [0.25, 0.3) is 0 Å². The quantitative estimate of drug-likeness (QED) is 0.436. The maximum atomic E-state index is 11.1. The fraction of sp³-hybridized carbons (Fsp3) is 0.200. The average Bonchev–Trinajstić information content (AvgIpc) is 2.21. The first kappa shape index (κ1) is 10.2. The summed E-state index contributed by atoms with van der Waals surface area (Å²) in [5.41, 5.74) is 1.33. The SMILES string of the molecule is CCC(=O)Nc1ccccc1/C=N/O. The lowest BCUT2D eigenvalue weighted by molar-refractivity contribution is -0.115. The number of anilines is 1. The summed E-state index contributed by atoms with van der Waals surface area (Å²) in [6.45, 7) is 1.78. The minimum absolute atomic E-state index is 0.0659. The highest BCUT2D eigenvalue weighted by Gasteiger charge is 2.02. The fourth-order valence-electron chi connectivity index (χ4n) is 1.02. The number of nitrogens with zero attached hydrogens (tertiary/aromatic N) is 1. The van der Waals surface area contributed by atoms with Crippen LogP contribution >= 0.6 is 0 Å². The van der Waals surface area contributed by atoms with Crippen LogP contribution in [-0.2, 0) is 4.79 Å². The number of hydrogen-bond acceptors (Lipinski definition) is 3. The summed E-state index contributed by atoms with van der Waals surface area (Å²) >= 11 is 0. The molecule has 0 bridgehead atoms. The molecule has 0 atom stereocenters. The van der Waals surface area contributed by atoms with Crippen molar-refractivity contribution in [3.63, 3.8) is 0 Å². The molecular formula is C10H12N2O2. The monoisotopic (exact) mass is 192 g/mol. The first-order chi connectivity index (χ1) is 6.77. The Balaban J connectivity index is 2.89. The zero-order chi connectivity index (χ0) is 10.4. The maximum absolute atomic E-state index is 11.1. The maximum Gasteiger partial charge on any atom is 0.224 e. The average molecular weight is 192 g/mol. The third-order valence-corrected chi connectivity index (χ3v) is 1.75. The van der Waals surface area contributed by atoms with Gasteiger partial charge in [-0.2, -0.15) is 0 Å². The molecule has 1 aromatic carbocycles. The Hall–Kier alpha value is -1.84. The molecule has 0 aliphatic carbocycles. The van der Waals surface area contributed by atoms with Crippen LogP contribution in [0.1, 0.15) is 18.9 Å². The molecule has 74 valence electrons. The predicted octanol–water partition coefficient (Wildman–Crippen LogP) is 1.84. The molecule has 1 aromatic rings. The Kier molecular flexibility index (Phi) is 3.67. The van der Waals surface area contributed by atoms with Crippen molar-refractivity contribution in [3.8, 4) is 0 Å². The van der Waals surface area contributed by atoms with Gasteiger partial charge in [-0.3, -0.25) is 4.79 Å². The van der Waals surface area contributed by atoms with Crippen molar-refractivity contribution in [1.29, 1.82) is 0 Å². The molecular weight excluding hydrogens is 180 g/mol. The van der Waals surface area contributed by atoms with Crippen molar-refractivity contribution >= 4 is 17.8 Å². The van der Waals surface area contributed by atoms with Crippen LogP contribution in [0.4, 0.5) is 5.69 Å². The van der Waals surface area contributed by atoms with Crippen molar-refractivity contribution in [2.45, 2.75) is 13.3 Å². The van der Waals surface area contributed by atoms with Crippen molar-refractivity contribution in [2.24, 2.45) is 5.16 Å². The lowest BCUT2D eigenvalue weighted by atomic mass is 10.2. The first-order valence-corrected chi connectivity index (χ1v) is 4.34. The van der Waals surface area contributed by atoms with E-state index >= 15 is 0 Å². The lowest BCUT2D eigenvalue weighted by Gasteiger charge is -2.05. The Labute approximate surface area is 82.2 Å². The van der Waals surface area contributed by atoms with E-state index in [1.807, 2.05) is 0 Å². The molecule has 4 nitrogen and oxygen atoms in total. The van der Waals surface area contributed by atoms with Crippen LogP contribution in [0.15, 0.2) is 29.4 Å². The van der Waals surface area contributed by atoms with Crippen molar-refractivity contribution in [1.82, 2.24) is 0 Å². The minimum Gasteiger partial charge on any atom is -0.411 e. The molecule has 1 rings (SSSR count). The summed E-state index contributed by atoms with van der Waals surface area (Å²) in [5, 5.41) is 14.0. The van der Waals surface area contributed by atoms with Crippen molar-refractivity contribution in [3.05, 3.63) is 29.8 Å². The number of hydrogen-bond donors (Lipinski definition) is 2. The van der Waals surface area contributed by atoms with Gasteiger partial charge in [-0.15, -0.1) is 0 Å². The topological polar surface area (TPSA) is 61.7 Å². The number of carbonyl (C=O) groups is 1. The zero-order valence-corrected chi connectivity index (χ0v) is 7.90. The number of para-hydroxylation sites is 1. The number of benzene rings is 1. The van der Waals surface area contributed by atoms with Gasteiger partial charge in [0.2, 0.25) is 5.91 Å². The van der Waals surface area contributed by atoms with E-state index in [0.29, 0.717) is 17.7 Å². The fourth-order valence-corrected chi connectivity index (χ4v) is 1.02. The first-order valence-electron chi connectivity index (χ1n) is 4.34. The van der Waals surface area contributed by atoms with Crippen LogP contribution in [-0.4, -0.2) is 17.3 Å². The molecule has 0 spiro atoms.